The number of amides is 2. The van der Waals surface area contributed by atoms with Crippen molar-refractivity contribution in [3.05, 3.63) is 54.1 Å². The predicted molar refractivity (Wildman–Crippen MR) is 104 cm³/mol. The molecule has 2 aromatic carbocycles. The van der Waals surface area contributed by atoms with Gasteiger partial charge in [0, 0.05) is 17.9 Å². The Hall–Kier alpha value is -2.86. The van der Waals surface area contributed by atoms with Crippen LogP contribution < -0.4 is 15.4 Å². The third-order valence-electron chi connectivity index (χ3n) is 4.30. The van der Waals surface area contributed by atoms with Crippen LogP contribution in [0.3, 0.4) is 0 Å². The molecule has 1 saturated heterocycles. The SMILES string of the molecule is CCOc1ccccc1NC(=O)c1ccc(NC(=O)CC2CCCO2)cc1. The second-order valence-electron chi connectivity index (χ2n) is 6.35. The molecular formula is C21H24N2O4. The van der Waals surface area contributed by atoms with Gasteiger partial charge in [0.05, 0.1) is 24.8 Å². The topological polar surface area (TPSA) is 76.7 Å². The highest BCUT2D eigenvalue weighted by atomic mass is 16.5. The van der Waals surface area contributed by atoms with Gasteiger partial charge in [-0.05, 0) is 56.2 Å². The molecule has 0 radical (unpaired) electrons. The summed E-state index contributed by atoms with van der Waals surface area (Å²) in [6.45, 7) is 3.14. The Kier molecular flexibility index (Phi) is 6.44. The fraction of sp³-hybridized carbons (Fsp3) is 0.333. The third-order valence-corrected chi connectivity index (χ3v) is 4.30. The average Bonchev–Trinajstić information content (AvgIpc) is 3.17. The lowest BCUT2D eigenvalue weighted by Gasteiger charge is -2.12. The molecule has 2 N–H and O–H groups in total. The van der Waals surface area contributed by atoms with E-state index in [9.17, 15) is 9.59 Å². The molecule has 0 spiro atoms. The summed E-state index contributed by atoms with van der Waals surface area (Å²) in [5, 5.41) is 5.69. The maximum Gasteiger partial charge on any atom is 0.255 e. The van der Waals surface area contributed by atoms with E-state index in [1.54, 1.807) is 30.3 Å². The van der Waals surface area contributed by atoms with Gasteiger partial charge in [-0.15, -0.1) is 0 Å². The lowest BCUT2D eigenvalue weighted by molar-refractivity contribution is -0.118. The molecular weight excluding hydrogens is 344 g/mol. The van der Waals surface area contributed by atoms with Crippen LogP contribution in [0, 0.1) is 0 Å². The monoisotopic (exact) mass is 368 g/mol. The molecule has 0 saturated carbocycles. The first-order valence-corrected chi connectivity index (χ1v) is 9.20. The zero-order valence-corrected chi connectivity index (χ0v) is 15.4. The normalized spacial score (nSPS) is 16.0. The Morgan fingerprint density at radius 3 is 2.59 bits per heavy atom. The molecule has 1 heterocycles. The highest BCUT2D eigenvalue weighted by molar-refractivity contribution is 6.05. The number of rotatable bonds is 7. The van der Waals surface area contributed by atoms with Crippen molar-refractivity contribution >= 4 is 23.2 Å². The Balaban J connectivity index is 1.58. The van der Waals surface area contributed by atoms with Gasteiger partial charge in [-0.2, -0.15) is 0 Å². The summed E-state index contributed by atoms with van der Waals surface area (Å²) in [5.41, 5.74) is 1.78. The molecule has 1 atom stereocenters. The number of nitrogens with one attached hydrogen (secondary N) is 2. The molecule has 6 heteroatoms. The Bertz CT molecular complexity index is 783. The lowest BCUT2D eigenvalue weighted by Crippen LogP contribution is -2.19. The highest BCUT2D eigenvalue weighted by Crippen LogP contribution is 2.24. The lowest BCUT2D eigenvalue weighted by atomic mass is 10.1. The van der Waals surface area contributed by atoms with Crippen molar-refractivity contribution in [1.29, 1.82) is 0 Å². The molecule has 3 rings (SSSR count). The van der Waals surface area contributed by atoms with E-state index in [1.165, 1.54) is 0 Å². The maximum atomic E-state index is 12.5. The van der Waals surface area contributed by atoms with Crippen molar-refractivity contribution in [3.8, 4) is 5.75 Å². The quantitative estimate of drug-likeness (QED) is 0.778. The first kappa shape index (κ1) is 18.9. The Morgan fingerprint density at radius 1 is 1.11 bits per heavy atom. The van der Waals surface area contributed by atoms with Gasteiger partial charge in [-0.1, -0.05) is 12.1 Å². The molecule has 6 nitrogen and oxygen atoms in total. The molecule has 0 aromatic heterocycles. The molecule has 2 aromatic rings. The van der Waals surface area contributed by atoms with E-state index in [1.807, 2.05) is 25.1 Å². The van der Waals surface area contributed by atoms with Crippen LogP contribution in [0.15, 0.2) is 48.5 Å². The highest BCUT2D eigenvalue weighted by Gasteiger charge is 2.19. The minimum atomic E-state index is -0.237. The minimum Gasteiger partial charge on any atom is -0.492 e. The molecule has 1 unspecified atom stereocenters. The van der Waals surface area contributed by atoms with E-state index in [-0.39, 0.29) is 17.9 Å². The summed E-state index contributed by atoms with van der Waals surface area (Å²) < 4.78 is 11.0. The minimum absolute atomic E-state index is 0.0143. The maximum absolute atomic E-state index is 12.5. The Morgan fingerprint density at radius 2 is 1.89 bits per heavy atom. The molecule has 2 amide bonds. The molecule has 27 heavy (non-hydrogen) atoms. The van der Waals surface area contributed by atoms with E-state index in [0.717, 1.165) is 19.4 Å². The number of carbonyl (C=O) groups excluding carboxylic acids is 2. The molecule has 142 valence electrons. The van der Waals surface area contributed by atoms with E-state index in [2.05, 4.69) is 10.6 Å². The van der Waals surface area contributed by atoms with E-state index < -0.39 is 0 Å². The van der Waals surface area contributed by atoms with Crippen LogP contribution >= 0.6 is 0 Å². The van der Waals surface area contributed by atoms with Crippen molar-refractivity contribution in [2.24, 2.45) is 0 Å². The fourth-order valence-electron chi connectivity index (χ4n) is 2.97. The number of hydrogen-bond donors (Lipinski definition) is 2. The first-order chi connectivity index (χ1) is 13.2. The molecule has 0 bridgehead atoms. The first-order valence-electron chi connectivity index (χ1n) is 9.20. The standard InChI is InChI=1S/C21H24N2O4/c1-2-26-19-8-4-3-7-18(19)23-21(25)15-9-11-16(12-10-15)22-20(24)14-17-6-5-13-27-17/h3-4,7-12,17H,2,5-6,13-14H2,1H3,(H,22,24)(H,23,25). The average molecular weight is 368 g/mol. The molecule has 1 aliphatic heterocycles. The van der Waals surface area contributed by atoms with Gasteiger partial charge < -0.3 is 20.1 Å². The number of ether oxygens (including phenoxy) is 2. The van der Waals surface area contributed by atoms with Gasteiger partial charge in [0.2, 0.25) is 5.91 Å². The van der Waals surface area contributed by atoms with Gasteiger partial charge in [0.1, 0.15) is 5.75 Å². The third kappa shape index (κ3) is 5.31. The van der Waals surface area contributed by atoms with Crippen LogP contribution in [0.4, 0.5) is 11.4 Å². The van der Waals surface area contributed by atoms with Crippen molar-refractivity contribution in [2.45, 2.75) is 32.3 Å². The van der Waals surface area contributed by atoms with Crippen LogP contribution in [0.25, 0.3) is 0 Å². The van der Waals surface area contributed by atoms with Gasteiger partial charge in [-0.3, -0.25) is 9.59 Å². The van der Waals surface area contributed by atoms with E-state index in [0.29, 0.717) is 35.7 Å². The van der Waals surface area contributed by atoms with Crippen molar-refractivity contribution in [1.82, 2.24) is 0 Å². The summed E-state index contributed by atoms with van der Waals surface area (Å²) in [4.78, 5) is 24.5. The smallest absolute Gasteiger partial charge is 0.255 e. The number of anilines is 2. The van der Waals surface area contributed by atoms with Gasteiger partial charge in [0.15, 0.2) is 0 Å². The van der Waals surface area contributed by atoms with Gasteiger partial charge >= 0.3 is 0 Å². The van der Waals surface area contributed by atoms with Crippen molar-refractivity contribution < 1.29 is 19.1 Å². The summed E-state index contributed by atoms with van der Waals surface area (Å²) in [5.74, 6) is 0.315. The fourth-order valence-corrected chi connectivity index (χ4v) is 2.97. The zero-order chi connectivity index (χ0) is 19.1. The van der Waals surface area contributed by atoms with Crippen LogP contribution in [0.1, 0.15) is 36.5 Å². The molecule has 1 aliphatic rings. The van der Waals surface area contributed by atoms with Crippen molar-refractivity contribution in [3.63, 3.8) is 0 Å². The van der Waals surface area contributed by atoms with Crippen LogP contribution in [-0.4, -0.2) is 31.1 Å². The summed E-state index contributed by atoms with van der Waals surface area (Å²) in [7, 11) is 0. The van der Waals surface area contributed by atoms with Crippen molar-refractivity contribution in [2.75, 3.05) is 23.8 Å². The molecule has 1 fully saturated rings. The summed E-state index contributed by atoms with van der Waals surface area (Å²) >= 11 is 0. The summed E-state index contributed by atoms with van der Waals surface area (Å²) in [6.07, 6.45) is 2.31. The zero-order valence-electron chi connectivity index (χ0n) is 15.4. The number of hydrogen-bond acceptors (Lipinski definition) is 4. The van der Waals surface area contributed by atoms with Gasteiger partial charge in [0.25, 0.3) is 5.91 Å². The second-order valence-corrected chi connectivity index (χ2v) is 6.35. The van der Waals surface area contributed by atoms with Crippen LogP contribution in [0.2, 0.25) is 0 Å². The Labute approximate surface area is 158 Å². The summed E-state index contributed by atoms with van der Waals surface area (Å²) in [6, 6.07) is 14.1. The van der Waals surface area contributed by atoms with E-state index >= 15 is 0 Å². The van der Waals surface area contributed by atoms with Gasteiger partial charge in [-0.25, -0.2) is 0 Å². The number of benzene rings is 2. The second kappa shape index (κ2) is 9.19. The van der Waals surface area contributed by atoms with Crippen LogP contribution in [0.5, 0.6) is 5.75 Å². The number of carbonyl (C=O) groups is 2. The van der Waals surface area contributed by atoms with E-state index in [4.69, 9.17) is 9.47 Å². The largest absolute Gasteiger partial charge is 0.492 e. The number of para-hydroxylation sites is 2. The van der Waals surface area contributed by atoms with Crippen LogP contribution in [-0.2, 0) is 9.53 Å². The molecule has 0 aliphatic carbocycles. The predicted octanol–water partition coefficient (Wildman–Crippen LogP) is 3.85.